The van der Waals surface area contributed by atoms with Crippen LogP contribution in [-0.2, 0) is 47.4 Å². The van der Waals surface area contributed by atoms with Crippen molar-refractivity contribution in [3.63, 3.8) is 0 Å². The molecule has 254 valence electrons. The zero-order valence-corrected chi connectivity index (χ0v) is 27.4. The normalized spacial score (nSPS) is 14.4. The van der Waals surface area contributed by atoms with E-state index in [0.717, 1.165) is 0 Å². The topological polar surface area (TPSA) is 221 Å². The average Bonchev–Trinajstić information content (AvgIpc) is 2.92. The van der Waals surface area contributed by atoms with E-state index in [1.807, 2.05) is 0 Å². The van der Waals surface area contributed by atoms with Crippen molar-refractivity contribution in [1.29, 1.82) is 0 Å². The summed E-state index contributed by atoms with van der Waals surface area (Å²) >= 11 is 0. The van der Waals surface area contributed by atoms with E-state index in [4.69, 9.17) is 33.5 Å². The van der Waals surface area contributed by atoms with Crippen LogP contribution in [0.4, 0.5) is 4.79 Å². The molecule has 0 spiro atoms. The number of aliphatic hydroxyl groups is 1. The Balaban J connectivity index is 5.43. The zero-order chi connectivity index (χ0) is 34.2. The number of carbonyl (C=O) groups is 5. The Morgan fingerprint density at radius 3 is 1.95 bits per heavy atom. The fourth-order valence-corrected chi connectivity index (χ4v) is 4.82. The van der Waals surface area contributed by atoms with Crippen molar-refractivity contribution in [1.82, 2.24) is 5.32 Å². The van der Waals surface area contributed by atoms with Crippen molar-refractivity contribution >= 4 is 37.4 Å². The molecule has 16 heteroatoms. The SMILES string of the molecule is C=C(C)C(=O)OCCNC(=O)OCCOC(=O)C(C)(C)CC(C)(CC(CC)(COCCP(=O)(O)O)C(C)=O)C(=O)OCCO. The summed E-state index contributed by atoms with van der Waals surface area (Å²) in [6, 6.07) is 0. The van der Waals surface area contributed by atoms with Crippen LogP contribution in [-0.4, -0.2) is 104 Å². The first-order valence-electron chi connectivity index (χ1n) is 14.1. The zero-order valence-electron chi connectivity index (χ0n) is 26.5. The summed E-state index contributed by atoms with van der Waals surface area (Å²) in [6.45, 7) is 10.5. The van der Waals surface area contributed by atoms with E-state index in [1.165, 1.54) is 34.6 Å². The summed E-state index contributed by atoms with van der Waals surface area (Å²) < 4.78 is 36.9. The second-order valence-electron chi connectivity index (χ2n) is 11.4. The minimum absolute atomic E-state index is 0.0101. The number of nitrogens with one attached hydrogen (secondary N) is 1. The number of Topliss-reactive ketones (excluding diaryl/α,β-unsaturated/α-hetero) is 1. The molecule has 1 amide bonds. The minimum Gasteiger partial charge on any atom is -0.463 e. The maximum atomic E-state index is 13.3. The highest BCUT2D eigenvalue weighted by Gasteiger charge is 2.50. The van der Waals surface area contributed by atoms with Crippen LogP contribution < -0.4 is 5.32 Å². The third kappa shape index (κ3) is 15.2. The summed E-state index contributed by atoms with van der Waals surface area (Å²) in [6.07, 6.45) is -1.44. The van der Waals surface area contributed by atoms with Gasteiger partial charge in [-0.05, 0) is 53.9 Å². The minimum atomic E-state index is -4.33. The molecule has 44 heavy (non-hydrogen) atoms. The van der Waals surface area contributed by atoms with E-state index < -0.39 is 60.6 Å². The molecule has 0 saturated heterocycles. The highest BCUT2D eigenvalue weighted by molar-refractivity contribution is 7.51. The largest absolute Gasteiger partial charge is 0.463 e. The number of ether oxygens (including phenoxy) is 5. The molecule has 0 aromatic carbocycles. The summed E-state index contributed by atoms with van der Waals surface area (Å²) in [5.74, 6) is -2.42. The Morgan fingerprint density at radius 1 is 0.841 bits per heavy atom. The summed E-state index contributed by atoms with van der Waals surface area (Å²) in [7, 11) is -4.33. The number of aliphatic hydroxyl groups excluding tert-OH is 1. The van der Waals surface area contributed by atoms with Crippen LogP contribution in [0.1, 0.15) is 60.8 Å². The van der Waals surface area contributed by atoms with Gasteiger partial charge >= 0.3 is 31.6 Å². The Morgan fingerprint density at radius 2 is 1.43 bits per heavy atom. The lowest BCUT2D eigenvalue weighted by molar-refractivity contribution is -0.167. The lowest BCUT2D eigenvalue weighted by atomic mass is 9.63. The molecule has 0 bridgehead atoms. The standard InChI is InChI=1S/C28H48NO14P/c1-8-28(21(4)31,19-39-15-16-44(36,37)38)18-27(7,24(34)41-12-10-30)17-26(5,6)23(33)42-13-14-43-25(35)29-9-11-40-22(32)20(2)3/h30H,2,8-19H2,1,3-7H3,(H,29,35)(H2,36,37,38). The van der Waals surface area contributed by atoms with Crippen LogP contribution in [0.25, 0.3) is 0 Å². The van der Waals surface area contributed by atoms with Gasteiger partial charge < -0.3 is 43.9 Å². The highest BCUT2D eigenvalue weighted by Crippen LogP contribution is 2.46. The average molecular weight is 654 g/mol. The van der Waals surface area contributed by atoms with E-state index in [9.17, 15) is 33.6 Å². The van der Waals surface area contributed by atoms with Gasteiger partial charge in [-0.2, -0.15) is 0 Å². The van der Waals surface area contributed by atoms with Gasteiger partial charge in [0.05, 0.1) is 48.8 Å². The quantitative estimate of drug-likeness (QED) is 0.0431. The van der Waals surface area contributed by atoms with E-state index in [2.05, 4.69) is 11.9 Å². The molecule has 0 aliphatic rings. The van der Waals surface area contributed by atoms with E-state index in [1.54, 1.807) is 6.92 Å². The van der Waals surface area contributed by atoms with Gasteiger partial charge in [0.15, 0.2) is 0 Å². The van der Waals surface area contributed by atoms with Crippen molar-refractivity contribution in [3.8, 4) is 0 Å². The van der Waals surface area contributed by atoms with Gasteiger partial charge in [-0.25, -0.2) is 9.59 Å². The smallest absolute Gasteiger partial charge is 0.407 e. The Hall–Kier alpha value is -2.84. The van der Waals surface area contributed by atoms with Gasteiger partial charge in [0.25, 0.3) is 0 Å². The third-order valence-corrected chi connectivity index (χ3v) is 7.53. The van der Waals surface area contributed by atoms with Crippen LogP contribution in [0, 0.1) is 16.2 Å². The third-order valence-electron chi connectivity index (χ3n) is 6.76. The van der Waals surface area contributed by atoms with Gasteiger partial charge in [-0.1, -0.05) is 13.5 Å². The second-order valence-corrected chi connectivity index (χ2v) is 13.2. The molecule has 0 saturated carbocycles. The molecule has 0 rings (SSSR count). The molecule has 0 heterocycles. The Labute approximate surface area is 258 Å². The van der Waals surface area contributed by atoms with Crippen LogP contribution in [0.15, 0.2) is 12.2 Å². The number of hydrogen-bond donors (Lipinski definition) is 4. The highest BCUT2D eigenvalue weighted by atomic mass is 31.2. The van der Waals surface area contributed by atoms with E-state index >= 15 is 0 Å². The monoisotopic (exact) mass is 653 g/mol. The first-order chi connectivity index (χ1) is 20.2. The fraction of sp³-hybridized carbons (Fsp3) is 0.750. The molecular weight excluding hydrogens is 605 g/mol. The maximum Gasteiger partial charge on any atom is 0.407 e. The molecule has 2 unspecified atom stereocenters. The van der Waals surface area contributed by atoms with Crippen molar-refractivity contribution in [2.45, 2.75) is 60.8 Å². The summed E-state index contributed by atoms with van der Waals surface area (Å²) in [5.41, 5.74) is -3.81. The van der Waals surface area contributed by atoms with Gasteiger partial charge in [-0.3, -0.25) is 18.9 Å². The number of esters is 3. The van der Waals surface area contributed by atoms with E-state index in [-0.39, 0.29) is 76.8 Å². The first-order valence-corrected chi connectivity index (χ1v) is 15.9. The molecule has 15 nitrogen and oxygen atoms in total. The number of carbonyl (C=O) groups excluding carboxylic acids is 5. The summed E-state index contributed by atoms with van der Waals surface area (Å²) in [4.78, 5) is 80.5. The van der Waals surface area contributed by atoms with Crippen molar-refractivity contribution < 1.29 is 67.1 Å². The van der Waals surface area contributed by atoms with Gasteiger partial charge in [0, 0.05) is 5.57 Å². The number of ketones is 1. The van der Waals surface area contributed by atoms with Gasteiger partial charge in [0.2, 0.25) is 0 Å². The Bertz CT molecular complexity index is 1050. The van der Waals surface area contributed by atoms with Crippen LogP contribution in [0.5, 0.6) is 0 Å². The maximum absolute atomic E-state index is 13.3. The molecule has 2 atom stereocenters. The first kappa shape index (κ1) is 41.2. The number of hydrogen-bond acceptors (Lipinski definition) is 12. The van der Waals surface area contributed by atoms with Crippen LogP contribution in [0.2, 0.25) is 0 Å². The molecule has 0 aliphatic heterocycles. The number of rotatable bonds is 22. The van der Waals surface area contributed by atoms with E-state index in [0.29, 0.717) is 0 Å². The fourth-order valence-electron chi connectivity index (χ4n) is 4.45. The van der Waals surface area contributed by atoms with Crippen molar-refractivity contribution in [2.75, 3.05) is 59.0 Å². The second kappa shape index (κ2) is 18.8. The number of alkyl carbamates (subject to hydrolysis) is 1. The van der Waals surface area contributed by atoms with Gasteiger partial charge in [0.1, 0.15) is 32.2 Å². The van der Waals surface area contributed by atoms with Gasteiger partial charge in [-0.15, -0.1) is 0 Å². The Kier molecular flexibility index (Phi) is 17.6. The van der Waals surface area contributed by atoms with Crippen LogP contribution >= 0.6 is 7.60 Å². The van der Waals surface area contributed by atoms with Crippen molar-refractivity contribution in [3.05, 3.63) is 12.2 Å². The molecule has 0 aromatic heterocycles. The lowest BCUT2D eigenvalue weighted by Crippen LogP contribution is -2.46. The summed E-state index contributed by atoms with van der Waals surface area (Å²) in [5, 5.41) is 11.6. The van der Waals surface area contributed by atoms with Crippen molar-refractivity contribution in [2.24, 2.45) is 16.2 Å². The molecule has 0 aromatic rings. The predicted molar refractivity (Wildman–Crippen MR) is 156 cm³/mol. The molecule has 0 aliphatic carbocycles. The molecule has 0 fully saturated rings. The predicted octanol–water partition coefficient (Wildman–Crippen LogP) is 1.90. The molecule has 4 N–H and O–H groups in total. The molecular formula is C28H48NO14P. The number of amides is 1. The molecule has 0 radical (unpaired) electrons. The lowest BCUT2D eigenvalue weighted by Gasteiger charge is -2.41. The van der Waals surface area contributed by atoms with Crippen LogP contribution in [0.3, 0.4) is 0 Å².